The van der Waals surface area contributed by atoms with Crippen LogP contribution in [0.15, 0.2) is 71.6 Å². The monoisotopic (exact) mass is 708 g/mol. The van der Waals surface area contributed by atoms with E-state index in [0.717, 1.165) is 72.5 Å². The third-order valence-electron chi connectivity index (χ3n) is 11.3. The van der Waals surface area contributed by atoms with Crippen molar-refractivity contribution in [1.29, 1.82) is 0 Å². The SMILES string of the molecule is CC(CCCCS(=O)CCCCC(C)(c1ccccc1)[N+]1([O-])CCC2SCCC2C1=O)(c1ccccc1)N1C(=O)C=C2SCCC2C1=O. The standard InChI is InChI=1S/C38H48N2O5S3/c1-37(28-13-5-3-6-14-28,39-34(41)27-33-30(35(39)42)18-23-47-33)20-9-11-25-48(45)26-12-10-21-38(2,29-15-7-4-8-16-29)40(44)22-17-32-31(36(40)43)19-24-46-32/h3-8,13-16,27,30-32H,9-12,17-26H2,1-2H3. The predicted molar refractivity (Wildman–Crippen MR) is 196 cm³/mol. The number of thioether (sulfide) groups is 2. The molecule has 3 fully saturated rings. The summed E-state index contributed by atoms with van der Waals surface area (Å²) in [6.45, 7) is 4.28. The van der Waals surface area contributed by atoms with Crippen molar-refractivity contribution in [3.63, 3.8) is 0 Å². The molecule has 0 radical (unpaired) electrons. The zero-order valence-corrected chi connectivity index (χ0v) is 30.6. The van der Waals surface area contributed by atoms with Gasteiger partial charge in [-0.25, -0.2) is 4.79 Å². The molecule has 48 heavy (non-hydrogen) atoms. The van der Waals surface area contributed by atoms with Crippen molar-refractivity contribution in [2.75, 3.05) is 29.6 Å². The van der Waals surface area contributed by atoms with Crippen molar-refractivity contribution in [3.8, 4) is 0 Å². The van der Waals surface area contributed by atoms with E-state index in [-0.39, 0.29) is 34.8 Å². The van der Waals surface area contributed by atoms with Crippen molar-refractivity contribution >= 4 is 52.0 Å². The van der Waals surface area contributed by atoms with Gasteiger partial charge in [0.25, 0.3) is 5.91 Å². The van der Waals surface area contributed by atoms with Crippen molar-refractivity contribution in [1.82, 2.24) is 4.90 Å². The van der Waals surface area contributed by atoms with Crippen LogP contribution in [0.2, 0.25) is 0 Å². The Morgan fingerprint density at radius 1 is 0.854 bits per heavy atom. The summed E-state index contributed by atoms with van der Waals surface area (Å²) in [4.78, 5) is 43.1. The number of hydroxylamine groups is 3. The summed E-state index contributed by atoms with van der Waals surface area (Å²) < 4.78 is 12.4. The zero-order valence-electron chi connectivity index (χ0n) is 28.1. The van der Waals surface area contributed by atoms with Crippen molar-refractivity contribution in [2.24, 2.45) is 11.8 Å². The Hall–Kier alpha value is -2.24. The summed E-state index contributed by atoms with van der Waals surface area (Å²) in [6, 6.07) is 19.6. The highest BCUT2D eigenvalue weighted by Gasteiger charge is 2.55. The topological polar surface area (TPSA) is 94.6 Å². The highest BCUT2D eigenvalue weighted by atomic mass is 32.2. The lowest BCUT2D eigenvalue weighted by Crippen LogP contribution is -2.66. The van der Waals surface area contributed by atoms with Crippen LogP contribution in [0.5, 0.6) is 0 Å². The zero-order chi connectivity index (χ0) is 33.9. The molecule has 0 spiro atoms. The van der Waals surface area contributed by atoms with Gasteiger partial charge in [0.05, 0.1) is 23.9 Å². The number of amides is 3. The van der Waals surface area contributed by atoms with Gasteiger partial charge in [0.15, 0.2) is 0 Å². The molecule has 0 saturated carbocycles. The molecule has 10 heteroatoms. The van der Waals surface area contributed by atoms with Crippen LogP contribution in [0.25, 0.3) is 0 Å². The van der Waals surface area contributed by atoms with E-state index >= 15 is 0 Å². The molecule has 3 saturated heterocycles. The summed E-state index contributed by atoms with van der Waals surface area (Å²) in [5.74, 6) is 2.03. The number of imide groups is 1. The third kappa shape index (κ3) is 6.76. The van der Waals surface area contributed by atoms with Crippen LogP contribution in [0.3, 0.4) is 0 Å². The maximum atomic E-state index is 14.6. The van der Waals surface area contributed by atoms with Gasteiger partial charge in [-0.2, -0.15) is 11.8 Å². The summed E-state index contributed by atoms with van der Waals surface area (Å²) in [6.07, 6.45) is 8.05. The largest absolute Gasteiger partial charge is 0.625 e. The molecule has 0 aromatic heterocycles. The number of piperidine rings is 1. The predicted octanol–water partition coefficient (Wildman–Crippen LogP) is 7.28. The fourth-order valence-electron chi connectivity index (χ4n) is 8.33. The number of carbonyl (C=O) groups excluding carboxylic acids is 3. The van der Waals surface area contributed by atoms with Gasteiger partial charge >= 0.3 is 5.91 Å². The molecule has 7 unspecified atom stereocenters. The molecule has 3 amide bonds. The molecule has 6 rings (SSSR count). The van der Waals surface area contributed by atoms with E-state index in [0.29, 0.717) is 30.9 Å². The first kappa shape index (κ1) is 35.6. The maximum Gasteiger partial charge on any atom is 0.318 e. The van der Waals surface area contributed by atoms with Crippen LogP contribution in [0, 0.1) is 17.0 Å². The second-order valence-corrected chi connectivity index (χ2v) is 18.4. The number of nitrogens with zero attached hydrogens (tertiary/aromatic N) is 2. The fraction of sp³-hybridized carbons (Fsp3) is 0.553. The molecular formula is C38H48N2O5S3. The van der Waals surface area contributed by atoms with Gasteiger partial charge < -0.3 is 5.21 Å². The van der Waals surface area contributed by atoms with Gasteiger partial charge in [0, 0.05) is 56.9 Å². The second kappa shape index (κ2) is 14.9. The van der Waals surface area contributed by atoms with E-state index < -0.39 is 26.5 Å². The number of benzene rings is 2. The van der Waals surface area contributed by atoms with E-state index in [9.17, 15) is 23.8 Å². The molecule has 7 nitrogen and oxygen atoms in total. The highest BCUT2D eigenvalue weighted by molar-refractivity contribution is 8.03. The first-order valence-electron chi connectivity index (χ1n) is 17.5. The molecular weight excluding hydrogens is 661 g/mol. The van der Waals surface area contributed by atoms with Gasteiger partial charge in [-0.15, -0.1) is 11.8 Å². The normalized spacial score (nSPS) is 28.7. The Labute approximate surface area is 296 Å². The molecule has 2 aromatic carbocycles. The second-order valence-electron chi connectivity index (χ2n) is 14.2. The Morgan fingerprint density at radius 3 is 2.19 bits per heavy atom. The molecule has 4 heterocycles. The minimum atomic E-state index is -1.03. The highest BCUT2D eigenvalue weighted by Crippen LogP contribution is 2.49. The maximum absolute atomic E-state index is 14.6. The van der Waals surface area contributed by atoms with E-state index in [1.807, 2.05) is 86.3 Å². The summed E-state index contributed by atoms with van der Waals surface area (Å²) in [5.41, 5.74) is 0.180. The molecule has 4 aliphatic heterocycles. The molecule has 4 aliphatic rings. The summed E-state index contributed by atoms with van der Waals surface area (Å²) >= 11 is 3.45. The van der Waals surface area contributed by atoms with Gasteiger partial charge in [0.1, 0.15) is 5.54 Å². The number of unbranched alkanes of at least 4 members (excludes halogenated alkanes) is 2. The van der Waals surface area contributed by atoms with E-state index in [2.05, 4.69) is 0 Å². The average molecular weight is 709 g/mol. The van der Waals surface area contributed by atoms with Gasteiger partial charge in [-0.3, -0.25) is 23.3 Å². The van der Waals surface area contributed by atoms with Gasteiger partial charge in [0.2, 0.25) is 5.91 Å². The first-order chi connectivity index (χ1) is 23.1. The smallest absolute Gasteiger partial charge is 0.318 e. The summed E-state index contributed by atoms with van der Waals surface area (Å²) in [7, 11) is -1.03. The van der Waals surface area contributed by atoms with Crippen LogP contribution >= 0.6 is 23.5 Å². The number of carbonyl (C=O) groups is 3. The van der Waals surface area contributed by atoms with Crippen LogP contribution < -0.4 is 0 Å². The van der Waals surface area contributed by atoms with Crippen LogP contribution in [0.1, 0.15) is 82.8 Å². The van der Waals surface area contributed by atoms with Crippen LogP contribution in [-0.2, 0) is 36.3 Å². The minimum absolute atomic E-state index is 0.102. The van der Waals surface area contributed by atoms with Gasteiger partial charge in [-0.1, -0.05) is 60.7 Å². The van der Waals surface area contributed by atoms with Crippen molar-refractivity contribution in [3.05, 3.63) is 88.0 Å². The van der Waals surface area contributed by atoms with Gasteiger partial charge in [-0.05, 0) is 75.9 Å². The third-order valence-corrected chi connectivity index (χ3v) is 15.4. The quantitative estimate of drug-likeness (QED) is 0.0882. The molecule has 0 bridgehead atoms. The first-order valence-corrected chi connectivity index (χ1v) is 21.0. The van der Waals surface area contributed by atoms with Crippen LogP contribution in [0.4, 0.5) is 0 Å². The average Bonchev–Trinajstić information content (AvgIpc) is 3.78. The lowest BCUT2D eigenvalue weighted by atomic mass is 9.80. The number of hydrogen-bond acceptors (Lipinski definition) is 7. The van der Waals surface area contributed by atoms with E-state index in [1.54, 1.807) is 17.8 Å². The Kier molecular flexibility index (Phi) is 11.1. The molecule has 0 N–H and O–H groups in total. The molecule has 0 aliphatic carbocycles. The number of fused-ring (bicyclic) bond motifs is 2. The Bertz CT molecular complexity index is 1550. The Morgan fingerprint density at radius 2 is 1.50 bits per heavy atom. The summed E-state index contributed by atoms with van der Waals surface area (Å²) in [5, 5.41) is 14.9. The number of hydrogen-bond donors (Lipinski definition) is 0. The lowest BCUT2D eigenvalue weighted by Gasteiger charge is -2.57. The lowest BCUT2D eigenvalue weighted by molar-refractivity contribution is -0.872. The van der Waals surface area contributed by atoms with Crippen molar-refractivity contribution < 1.29 is 23.2 Å². The molecule has 258 valence electrons. The molecule has 7 atom stereocenters. The number of quaternary nitrogens is 1. The van der Waals surface area contributed by atoms with E-state index in [4.69, 9.17) is 0 Å². The van der Waals surface area contributed by atoms with Crippen molar-refractivity contribution in [2.45, 2.75) is 88.0 Å². The Balaban J connectivity index is 1.04. The minimum Gasteiger partial charge on any atom is -0.625 e. The van der Waals surface area contributed by atoms with Crippen LogP contribution in [-0.4, -0.2) is 66.3 Å². The number of likely N-dealkylation sites (tertiary alicyclic amines) is 1. The van der Waals surface area contributed by atoms with E-state index in [1.165, 1.54) is 4.90 Å². The molecule has 2 aromatic rings. The fourth-order valence-corrected chi connectivity index (χ4v) is 12.2. The number of rotatable bonds is 14.